The van der Waals surface area contributed by atoms with Crippen LogP contribution in [-0.2, 0) is 7.05 Å². The van der Waals surface area contributed by atoms with Gasteiger partial charge in [0, 0.05) is 31.4 Å². The molecule has 9 heteroatoms. The Morgan fingerprint density at radius 2 is 2.28 bits per heavy atom. The summed E-state index contributed by atoms with van der Waals surface area (Å²) in [5, 5.41) is 11.5. The Kier molecular flexibility index (Phi) is 3.63. The first kappa shape index (κ1) is 15.6. The van der Waals surface area contributed by atoms with Crippen LogP contribution in [0, 0.1) is 5.82 Å². The second-order valence-electron chi connectivity index (χ2n) is 6.30. The molecule has 3 aromatic rings. The van der Waals surface area contributed by atoms with Crippen molar-refractivity contribution in [2.24, 2.45) is 7.05 Å². The highest BCUT2D eigenvalue weighted by Gasteiger charge is 2.30. The van der Waals surface area contributed by atoms with Crippen LogP contribution in [0.2, 0.25) is 0 Å². The Morgan fingerprint density at radius 1 is 1.44 bits per heavy atom. The van der Waals surface area contributed by atoms with Crippen LogP contribution in [-0.4, -0.2) is 48.9 Å². The van der Waals surface area contributed by atoms with Gasteiger partial charge in [-0.15, -0.1) is 0 Å². The molecule has 0 bridgehead atoms. The molecule has 0 saturated carbocycles. The normalized spacial score (nSPS) is 18.0. The third kappa shape index (κ3) is 2.61. The Labute approximate surface area is 142 Å². The number of rotatable bonds is 2. The SMILES string of the molecule is Cn1nc(C2CCCN(C(=O)c3c(F)ccc4[nH]ncc34)C2)nc1N. The molecule has 1 amide bonds. The van der Waals surface area contributed by atoms with E-state index in [9.17, 15) is 9.18 Å². The number of hydrogen-bond acceptors (Lipinski definition) is 5. The average Bonchev–Trinajstić information content (AvgIpc) is 3.21. The molecule has 0 aliphatic carbocycles. The number of H-pyrrole nitrogens is 1. The number of carbonyl (C=O) groups excluding carboxylic acids is 1. The fourth-order valence-corrected chi connectivity index (χ4v) is 3.33. The maximum atomic E-state index is 14.3. The Morgan fingerprint density at radius 3 is 3.04 bits per heavy atom. The fraction of sp³-hybridized carbons (Fsp3) is 0.375. The number of amides is 1. The summed E-state index contributed by atoms with van der Waals surface area (Å²) >= 11 is 0. The number of hydrogen-bond donors (Lipinski definition) is 2. The predicted octanol–water partition coefficient (Wildman–Crippen LogP) is 1.43. The molecular weight excluding hydrogens is 325 g/mol. The Hall–Kier alpha value is -2.97. The highest BCUT2D eigenvalue weighted by Crippen LogP contribution is 2.28. The lowest BCUT2D eigenvalue weighted by atomic mass is 9.96. The number of carbonyl (C=O) groups is 1. The van der Waals surface area contributed by atoms with Gasteiger partial charge in [0.2, 0.25) is 5.95 Å². The van der Waals surface area contributed by atoms with Gasteiger partial charge in [-0.3, -0.25) is 9.89 Å². The third-order valence-corrected chi connectivity index (χ3v) is 4.67. The van der Waals surface area contributed by atoms with E-state index >= 15 is 0 Å². The number of nitrogens with two attached hydrogens (primary N) is 1. The third-order valence-electron chi connectivity index (χ3n) is 4.67. The first-order valence-electron chi connectivity index (χ1n) is 8.12. The van der Waals surface area contributed by atoms with E-state index in [-0.39, 0.29) is 17.4 Å². The molecule has 2 aromatic heterocycles. The van der Waals surface area contributed by atoms with E-state index in [1.807, 2.05) is 0 Å². The first-order valence-corrected chi connectivity index (χ1v) is 8.12. The number of aryl methyl sites for hydroxylation is 1. The van der Waals surface area contributed by atoms with E-state index in [0.717, 1.165) is 12.8 Å². The summed E-state index contributed by atoms with van der Waals surface area (Å²) in [5.74, 6) is 0.0827. The van der Waals surface area contributed by atoms with E-state index in [4.69, 9.17) is 5.73 Å². The summed E-state index contributed by atoms with van der Waals surface area (Å²) in [6.07, 6.45) is 3.15. The standard InChI is InChI=1S/C16H18FN7O/c1-23-16(18)20-14(22-23)9-3-2-6-24(8-9)15(25)13-10-7-19-21-12(10)5-4-11(13)17/h4-5,7,9H,2-3,6,8H2,1H3,(H,19,21)(H2,18,20,22). The number of likely N-dealkylation sites (tertiary alicyclic amines) is 1. The maximum Gasteiger partial charge on any atom is 0.257 e. The van der Waals surface area contributed by atoms with Crippen molar-refractivity contribution in [3.8, 4) is 0 Å². The van der Waals surface area contributed by atoms with Gasteiger partial charge in [-0.25, -0.2) is 9.07 Å². The monoisotopic (exact) mass is 343 g/mol. The molecule has 130 valence electrons. The van der Waals surface area contributed by atoms with Gasteiger partial charge in [0.25, 0.3) is 5.91 Å². The molecular formula is C16H18FN7O. The summed E-state index contributed by atoms with van der Waals surface area (Å²) < 4.78 is 15.9. The molecule has 1 aliphatic heterocycles. The molecule has 25 heavy (non-hydrogen) atoms. The van der Waals surface area contributed by atoms with Crippen LogP contribution in [0.25, 0.3) is 10.9 Å². The number of benzene rings is 1. The summed E-state index contributed by atoms with van der Waals surface area (Å²) in [5.41, 5.74) is 6.44. The number of aromatic amines is 1. The second-order valence-corrected chi connectivity index (χ2v) is 6.30. The van der Waals surface area contributed by atoms with E-state index < -0.39 is 5.82 Å². The minimum Gasteiger partial charge on any atom is -0.368 e. The minimum absolute atomic E-state index is 0.00665. The van der Waals surface area contributed by atoms with Gasteiger partial charge < -0.3 is 10.6 Å². The van der Waals surface area contributed by atoms with Gasteiger partial charge in [-0.05, 0) is 25.0 Å². The summed E-state index contributed by atoms with van der Waals surface area (Å²) in [7, 11) is 1.73. The lowest BCUT2D eigenvalue weighted by molar-refractivity contribution is 0.0702. The van der Waals surface area contributed by atoms with Crippen molar-refractivity contribution in [3.63, 3.8) is 0 Å². The molecule has 1 unspecified atom stereocenters. The number of piperidine rings is 1. The predicted molar refractivity (Wildman–Crippen MR) is 89.3 cm³/mol. The number of halogens is 1. The number of aromatic nitrogens is 5. The van der Waals surface area contributed by atoms with Crippen LogP contribution in [0.3, 0.4) is 0 Å². The first-order chi connectivity index (χ1) is 12.0. The van der Waals surface area contributed by atoms with E-state index in [1.165, 1.54) is 16.9 Å². The van der Waals surface area contributed by atoms with E-state index in [1.54, 1.807) is 18.0 Å². The van der Waals surface area contributed by atoms with Crippen molar-refractivity contribution >= 4 is 22.8 Å². The summed E-state index contributed by atoms with van der Waals surface area (Å²) in [6, 6.07) is 2.87. The summed E-state index contributed by atoms with van der Waals surface area (Å²) in [4.78, 5) is 18.9. The zero-order valence-corrected chi connectivity index (χ0v) is 13.7. The molecule has 8 nitrogen and oxygen atoms in total. The van der Waals surface area contributed by atoms with Gasteiger partial charge in [0.15, 0.2) is 5.82 Å². The van der Waals surface area contributed by atoms with Crippen LogP contribution < -0.4 is 5.73 Å². The van der Waals surface area contributed by atoms with Crippen LogP contribution in [0.1, 0.15) is 34.9 Å². The zero-order chi connectivity index (χ0) is 17.6. The molecule has 1 saturated heterocycles. The average molecular weight is 343 g/mol. The molecule has 0 radical (unpaired) electrons. The van der Waals surface area contributed by atoms with Crippen molar-refractivity contribution in [1.29, 1.82) is 0 Å². The van der Waals surface area contributed by atoms with Crippen molar-refractivity contribution in [1.82, 2.24) is 29.9 Å². The fourth-order valence-electron chi connectivity index (χ4n) is 3.33. The number of anilines is 1. The maximum absolute atomic E-state index is 14.3. The molecule has 1 fully saturated rings. The van der Waals surface area contributed by atoms with Gasteiger partial charge in [-0.1, -0.05) is 0 Å². The van der Waals surface area contributed by atoms with Crippen molar-refractivity contribution in [2.75, 3.05) is 18.8 Å². The molecule has 1 atom stereocenters. The quantitative estimate of drug-likeness (QED) is 0.732. The van der Waals surface area contributed by atoms with Gasteiger partial charge in [0.1, 0.15) is 5.82 Å². The zero-order valence-electron chi connectivity index (χ0n) is 13.7. The number of fused-ring (bicyclic) bond motifs is 1. The highest BCUT2D eigenvalue weighted by atomic mass is 19.1. The number of nitrogen functional groups attached to an aromatic ring is 1. The van der Waals surface area contributed by atoms with Crippen LogP contribution >= 0.6 is 0 Å². The van der Waals surface area contributed by atoms with E-state index in [2.05, 4.69) is 20.3 Å². The second kappa shape index (κ2) is 5.83. The molecule has 4 rings (SSSR count). The smallest absolute Gasteiger partial charge is 0.257 e. The molecule has 1 aromatic carbocycles. The van der Waals surface area contributed by atoms with E-state index in [0.29, 0.717) is 35.8 Å². The van der Waals surface area contributed by atoms with Gasteiger partial charge in [-0.2, -0.15) is 15.2 Å². The lowest BCUT2D eigenvalue weighted by Crippen LogP contribution is -2.39. The van der Waals surface area contributed by atoms with Gasteiger partial charge >= 0.3 is 0 Å². The number of nitrogens with one attached hydrogen (secondary N) is 1. The largest absolute Gasteiger partial charge is 0.368 e. The van der Waals surface area contributed by atoms with Crippen LogP contribution in [0.4, 0.5) is 10.3 Å². The molecule has 1 aliphatic rings. The number of nitrogens with zero attached hydrogens (tertiary/aromatic N) is 5. The molecule has 3 N–H and O–H groups in total. The summed E-state index contributed by atoms with van der Waals surface area (Å²) in [6.45, 7) is 1.02. The van der Waals surface area contributed by atoms with Crippen molar-refractivity contribution in [3.05, 3.63) is 35.5 Å². The topological polar surface area (TPSA) is 106 Å². The Bertz CT molecular complexity index is 928. The van der Waals surface area contributed by atoms with Crippen LogP contribution in [0.15, 0.2) is 18.3 Å². The van der Waals surface area contributed by atoms with Crippen molar-refractivity contribution in [2.45, 2.75) is 18.8 Å². The van der Waals surface area contributed by atoms with Crippen molar-refractivity contribution < 1.29 is 9.18 Å². The van der Waals surface area contributed by atoms with Crippen LogP contribution in [0.5, 0.6) is 0 Å². The lowest BCUT2D eigenvalue weighted by Gasteiger charge is -2.31. The highest BCUT2D eigenvalue weighted by molar-refractivity contribution is 6.06. The molecule has 0 spiro atoms. The minimum atomic E-state index is -0.541. The van der Waals surface area contributed by atoms with Gasteiger partial charge in [0.05, 0.1) is 17.3 Å². The molecule has 3 heterocycles. The Balaban J connectivity index is 1.63.